The highest BCUT2D eigenvalue weighted by Crippen LogP contribution is 2.48. The smallest absolute Gasteiger partial charge is 0.252 e. The lowest BCUT2D eigenvalue weighted by Gasteiger charge is -2.44. The summed E-state index contributed by atoms with van der Waals surface area (Å²) in [5, 5.41) is 23.2. The molecule has 0 spiro atoms. The van der Waals surface area contributed by atoms with Gasteiger partial charge in [-0.05, 0) is 142 Å². The normalized spacial score (nSPS) is 12.0. The quantitative estimate of drug-likeness (QED) is 0.115. The van der Waals surface area contributed by atoms with Crippen LogP contribution in [0.1, 0.15) is 11.1 Å². The van der Waals surface area contributed by atoms with E-state index in [9.17, 15) is 10.5 Å². The van der Waals surface area contributed by atoms with Gasteiger partial charge in [-0.25, -0.2) is 29.9 Å². The van der Waals surface area contributed by atoms with Crippen LogP contribution in [0.4, 0.5) is 34.1 Å². The summed E-state index contributed by atoms with van der Waals surface area (Å²) in [4.78, 5) is 36.3. The SMILES string of the molecule is N#Cc1ccc2c(c1)N(c1ccccc1)c1cc(-c3ccc4c(c3)c3cc(-c5ccccc5)ccc3n4-c3ccc(-c4nc(-c5ccccc5)nc(-c5ccccc5)n4)cc3-c3nc(-c4ccccc4)nc(-c4ccccc4)n3)cc3c1B2c1ccc(C#N)cc1N3c1ccccc1. The molecule has 3 aromatic heterocycles. The molecule has 2 aliphatic heterocycles. The molecule has 13 aromatic carbocycles. The monoisotopic (exact) mass is 1250 g/mol. The Balaban J connectivity index is 0.908. The molecule has 2 aliphatic rings. The minimum absolute atomic E-state index is 0.240. The topological polar surface area (TPSA) is 136 Å². The zero-order chi connectivity index (χ0) is 65.2. The summed E-state index contributed by atoms with van der Waals surface area (Å²) in [6, 6.07) is 113. The van der Waals surface area contributed by atoms with Gasteiger partial charge in [0.1, 0.15) is 0 Å². The molecule has 0 atom stereocenters. The standard InChI is InChI=1S/C86H52BN11/c88-53-55-36-41-71-76(46-55)96(66-32-18-6-19-33-66)78-51-65(52-79-80(78)87(71)72-42-37-56(54-89)47-77(72)97(79)67-34-20-7-21-35-67)63-39-44-74-69(49-63)68-48-62(57-22-8-1-9-23-57)38-43-73(68)98(74)75-45-40-64(85-92-81(58-24-10-2-11-25-58)90-82(93-85)59-26-12-3-13-27-59)50-70(75)86-94-83(60-28-14-4-15-29-60)91-84(95-86)61-30-16-5-17-31-61/h1-52H. The van der Waals surface area contributed by atoms with Crippen molar-refractivity contribution in [3.8, 4) is 108 Å². The van der Waals surface area contributed by atoms with Crippen molar-refractivity contribution in [2.24, 2.45) is 0 Å². The molecule has 12 heteroatoms. The van der Waals surface area contributed by atoms with Crippen LogP contribution in [-0.2, 0) is 0 Å². The van der Waals surface area contributed by atoms with Crippen molar-refractivity contribution in [1.29, 1.82) is 10.5 Å². The van der Waals surface area contributed by atoms with Gasteiger partial charge in [-0.3, -0.25) is 0 Å². The second kappa shape index (κ2) is 23.7. The summed E-state index contributed by atoms with van der Waals surface area (Å²) in [6.45, 7) is -0.240. The third-order valence-electron chi connectivity index (χ3n) is 18.7. The van der Waals surface area contributed by atoms with E-state index in [1.54, 1.807) is 0 Å². The van der Waals surface area contributed by atoms with Gasteiger partial charge in [0.05, 0.1) is 40.0 Å². The first-order valence-electron chi connectivity index (χ1n) is 32.5. The molecular weight excluding hydrogens is 1200 g/mol. The highest BCUT2D eigenvalue weighted by molar-refractivity contribution is 7.00. The van der Waals surface area contributed by atoms with Crippen LogP contribution < -0.4 is 26.2 Å². The van der Waals surface area contributed by atoms with Gasteiger partial charge in [0, 0.05) is 78.3 Å². The largest absolute Gasteiger partial charge is 0.311 e. The Morgan fingerprint density at radius 3 is 1.03 bits per heavy atom. The Morgan fingerprint density at radius 1 is 0.265 bits per heavy atom. The number of hydrogen-bond acceptors (Lipinski definition) is 10. The fourth-order valence-corrected chi connectivity index (χ4v) is 14.2. The van der Waals surface area contributed by atoms with E-state index in [1.807, 2.05) is 158 Å². The fourth-order valence-electron chi connectivity index (χ4n) is 14.2. The average Bonchev–Trinajstić information content (AvgIpc) is 0.741. The molecule has 0 radical (unpaired) electrons. The zero-order valence-electron chi connectivity index (χ0n) is 52.5. The summed E-state index contributed by atoms with van der Waals surface area (Å²) in [7, 11) is 0. The van der Waals surface area contributed by atoms with Gasteiger partial charge in [0.15, 0.2) is 34.9 Å². The number of aromatic nitrogens is 7. The molecule has 0 aliphatic carbocycles. The van der Waals surface area contributed by atoms with Gasteiger partial charge in [-0.1, -0.05) is 212 Å². The molecule has 11 nitrogen and oxygen atoms in total. The van der Waals surface area contributed by atoms with Gasteiger partial charge in [0.2, 0.25) is 0 Å². The minimum Gasteiger partial charge on any atom is -0.311 e. The van der Waals surface area contributed by atoms with Gasteiger partial charge in [0.25, 0.3) is 6.71 Å². The maximum Gasteiger partial charge on any atom is 0.252 e. The predicted octanol–water partition coefficient (Wildman–Crippen LogP) is 18.3. The molecule has 0 fully saturated rings. The number of hydrogen-bond donors (Lipinski definition) is 0. The summed E-state index contributed by atoms with van der Waals surface area (Å²) in [6.07, 6.45) is 0. The van der Waals surface area contributed by atoms with Crippen molar-refractivity contribution in [2.75, 3.05) is 9.80 Å². The predicted molar refractivity (Wildman–Crippen MR) is 394 cm³/mol. The van der Waals surface area contributed by atoms with E-state index in [-0.39, 0.29) is 6.71 Å². The minimum atomic E-state index is -0.240. The van der Waals surface area contributed by atoms with E-state index in [1.165, 1.54) is 0 Å². The van der Waals surface area contributed by atoms with E-state index in [4.69, 9.17) is 29.9 Å². The number of nitriles is 2. The average molecular weight is 1250 g/mol. The summed E-state index contributed by atoms with van der Waals surface area (Å²) < 4.78 is 2.34. The third-order valence-corrected chi connectivity index (χ3v) is 18.7. The lowest BCUT2D eigenvalue weighted by Crippen LogP contribution is -2.61. The van der Waals surface area contributed by atoms with Crippen molar-refractivity contribution in [3.05, 3.63) is 327 Å². The maximum atomic E-state index is 10.6. The molecule has 5 heterocycles. The van der Waals surface area contributed by atoms with Crippen LogP contribution in [0.25, 0.3) is 118 Å². The summed E-state index contributed by atoms with van der Waals surface area (Å²) in [5.41, 5.74) is 21.8. The lowest BCUT2D eigenvalue weighted by molar-refractivity contribution is 1.06. The van der Waals surface area contributed by atoms with Gasteiger partial charge in [-0.2, -0.15) is 10.5 Å². The number of nitrogens with zero attached hydrogens (tertiary/aromatic N) is 11. The van der Waals surface area contributed by atoms with E-state index in [2.05, 4.69) is 184 Å². The van der Waals surface area contributed by atoms with E-state index < -0.39 is 0 Å². The Kier molecular flexibility index (Phi) is 13.8. The molecule has 0 bridgehead atoms. The second-order valence-electron chi connectivity index (χ2n) is 24.4. The van der Waals surface area contributed by atoms with E-state index >= 15 is 0 Å². The third kappa shape index (κ3) is 9.83. The van der Waals surface area contributed by atoms with Crippen molar-refractivity contribution in [1.82, 2.24) is 34.5 Å². The molecule has 0 saturated carbocycles. The first-order chi connectivity index (χ1) is 48.5. The molecule has 18 rings (SSSR count). The van der Waals surface area contributed by atoms with Crippen molar-refractivity contribution < 1.29 is 0 Å². The molecule has 0 N–H and O–H groups in total. The van der Waals surface area contributed by atoms with Crippen LogP contribution >= 0.6 is 0 Å². The number of fused-ring (bicyclic) bond motifs is 7. The Labute approximate surface area is 565 Å². The highest BCUT2D eigenvalue weighted by atomic mass is 15.2. The maximum absolute atomic E-state index is 10.6. The first kappa shape index (κ1) is 57.0. The van der Waals surface area contributed by atoms with Crippen LogP contribution in [-0.4, -0.2) is 41.2 Å². The van der Waals surface area contributed by atoms with Crippen LogP contribution in [0, 0.1) is 22.7 Å². The van der Waals surface area contributed by atoms with E-state index in [0.717, 1.165) is 134 Å². The van der Waals surface area contributed by atoms with Crippen molar-refractivity contribution >= 4 is 79.0 Å². The number of benzene rings is 13. The lowest BCUT2D eigenvalue weighted by atomic mass is 9.33. The molecule has 98 heavy (non-hydrogen) atoms. The Hall–Kier alpha value is -13.7. The molecular formula is C86H52BN11. The van der Waals surface area contributed by atoms with Crippen molar-refractivity contribution in [2.45, 2.75) is 0 Å². The second-order valence-corrected chi connectivity index (χ2v) is 24.4. The Bertz CT molecular complexity index is 5660. The molecule has 0 amide bonds. The van der Waals surface area contributed by atoms with Crippen LogP contribution in [0.2, 0.25) is 0 Å². The molecule has 0 saturated heterocycles. The molecule has 16 aromatic rings. The first-order valence-corrected chi connectivity index (χ1v) is 32.5. The number of anilines is 6. The van der Waals surface area contributed by atoms with Gasteiger partial charge < -0.3 is 14.4 Å². The van der Waals surface area contributed by atoms with Crippen molar-refractivity contribution in [3.63, 3.8) is 0 Å². The fraction of sp³-hybridized carbons (Fsp3) is 0. The summed E-state index contributed by atoms with van der Waals surface area (Å²) >= 11 is 0. The van der Waals surface area contributed by atoms with E-state index in [0.29, 0.717) is 46.1 Å². The molecule has 454 valence electrons. The summed E-state index contributed by atoms with van der Waals surface area (Å²) in [5.74, 6) is 3.09. The van der Waals surface area contributed by atoms with Crippen LogP contribution in [0.15, 0.2) is 315 Å². The number of rotatable bonds is 11. The number of para-hydroxylation sites is 2. The zero-order valence-corrected chi connectivity index (χ0v) is 52.5. The van der Waals surface area contributed by atoms with Crippen LogP contribution in [0.5, 0.6) is 0 Å². The Morgan fingerprint density at radius 2 is 0.622 bits per heavy atom. The highest BCUT2D eigenvalue weighted by Gasteiger charge is 2.44. The molecule has 0 unspecified atom stereocenters. The van der Waals surface area contributed by atoms with Crippen LogP contribution in [0.3, 0.4) is 0 Å². The van der Waals surface area contributed by atoms with Gasteiger partial charge in [-0.15, -0.1) is 0 Å². The van der Waals surface area contributed by atoms with Gasteiger partial charge >= 0.3 is 0 Å².